The van der Waals surface area contributed by atoms with Gasteiger partial charge in [0.05, 0.1) is 11.4 Å². The fraction of sp³-hybridized carbons (Fsp3) is 0.522. The molecule has 1 fully saturated rings. The Morgan fingerprint density at radius 1 is 1.06 bits per heavy atom. The lowest BCUT2D eigenvalue weighted by molar-refractivity contribution is -0.136. The Labute approximate surface area is 195 Å². The minimum absolute atomic E-state index is 0.00983. The highest BCUT2D eigenvalue weighted by Crippen LogP contribution is 2.23. The van der Waals surface area contributed by atoms with E-state index in [1.165, 1.54) is 17.1 Å². The van der Waals surface area contributed by atoms with E-state index in [9.17, 15) is 22.8 Å². The van der Waals surface area contributed by atoms with E-state index >= 15 is 0 Å². The second-order valence-corrected chi connectivity index (χ2v) is 10.7. The second kappa shape index (κ2) is 10.4. The van der Waals surface area contributed by atoms with E-state index in [0.29, 0.717) is 24.5 Å². The van der Waals surface area contributed by atoms with Crippen molar-refractivity contribution in [3.63, 3.8) is 0 Å². The number of nitrogens with zero attached hydrogens (tertiary/aromatic N) is 1. The van der Waals surface area contributed by atoms with Crippen LogP contribution in [0.1, 0.15) is 58.4 Å². The SMILES string of the molecule is CC1=C(C)C(=O)N(NC(=O)CCc2ccc(S(=O)(=O)NC(=O)NC3CCC(C)CC3)cc2)C1. The average molecular weight is 477 g/mol. The molecule has 9 nitrogen and oxygen atoms in total. The smallest absolute Gasteiger partial charge is 0.328 e. The quantitative estimate of drug-likeness (QED) is 0.557. The molecule has 1 heterocycles. The van der Waals surface area contributed by atoms with Gasteiger partial charge in [-0.2, -0.15) is 0 Å². The first kappa shape index (κ1) is 24.8. The largest absolute Gasteiger partial charge is 0.335 e. The number of carbonyl (C=O) groups is 3. The van der Waals surface area contributed by atoms with Crippen molar-refractivity contribution in [1.82, 2.24) is 20.5 Å². The predicted octanol–water partition coefficient (Wildman–Crippen LogP) is 2.40. The summed E-state index contributed by atoms with van der Waals surface area (Å²) in [5, 5.41) is 4.04. The summed E-state index contributed by atoms with van der Waals surface area (Å²) in [5.74, 6) is 0.135. The van der Waals surface area contributed by atoms with E-state index in [2.05, 4.69) is 22.4 Å². The summed E-state index contributed by atoms with van der Waals surface area (Å²) in [5.41, 5.74) is 4.94. The van der Waals surface area contributed by atoms with Crippen LogP contribution in [0.3, 0.4) is 0 Å². The standard InChI is InChI=1S/C23H32N4O5S/c1-15-4-9-19(10-5-15)24-23(30)26-33(31,32)20-11-6-18(7-12-20)8-13-21(28)25-27-14-16(2)17(3)22(27)29/h6-7,11-12,15,19H,4-5,8-10,13-14H2,1-3H3,(H,25,28)(H2,24,26,30). The van der Waals surface area contributed by atoms with Crippen molar-refractivity contribution in [1.29, 1.82) is 0 Å². The topological polar surface area (TPSA) is 125 Å². The third-order valence-electron chi connectivity index (χ3n) is 6.31. The number of sulfonamides is 1. The van der Waals surface area contributed by atoms with Crippen LogP contribution in [0, 0.1) is 5.92 Å². The van der Waals surface area contributed by atoms with Crippen LogP contribution in [0.5, 0.6) is 0 Å². The number of benzene rings is 1. The Bertz CT molecular complexity index is 1040. The number of hydrogen-bond acceptors (Lipinski definition) is 5. The van der Waals surface area contributed by atoms with Crippen LogP contribution >= 0.6 is 0 Å². The fourth-order valence-electron chi connectivity index (χ4n) is 4.00. The van der Waals surface area contributed by atoms with Gasteiger partial charge in [-0.25, -0.2) is 22.9 Å². The Morgan fingerprint density at radius 2 is 1.70 bits per heavy atom. The van der Waals surface area contributed by atoms with Crippen molar-refractivity contribution >= 4 is 27.9 Å². The van der Waals surface area contributed by atoms with Crippen LogP contribution in [-0.2, 0) is 26.0 Å². The summed E-state index contributed by atoms with van der Waals surface area (Å²) in [4.78, 5) is 36.3. The molecule has 0 unspecified atom stereocenters. The molecule has 1 aliphatic carbocycles. The number of carbonyl (C=O) groups excluding carboxylic acids is 3. The van der Waals surface area contributed by atoms with Gasteiger partial charge in [0, 0.05) is 18.0 Å². The number of amides is 4. The molecule has 0 bridgehead atoms. The summed E-state index contributed by atoms with van der Waals surface area (Å²) < 4.78 is 27.1. The lowest BCUT2D eigenvalue weighted by Gasteiger charge is -2.26. The van der Waals surface area contributed by atoms with E-state index in [-0.39, 0.29) is 29.2 Å². The maximum absolute atomic E-state index is 12.5. The van der Waals surface area contributed by atoms with Crippen molar-refractivity contribution in [3.8, 4) is 0 Å². The molecular formula is C23H32N4O5S. The third-order valence-corrected chi connectivity index (χ3v) is 7.66. The molecule has 1 aromatic carbocycles. The third kappa shape index (κ3) is 6.56. The second-order valence-electron chi connectivity index (χ2n) is 9.01. The first-order valence-electron chi connectivity index (χ1n) is 11.2. The Hall–Kier alpha value is -2.88. The van der Waals surface area contributed by atoms with Gasteiger partial charge in [0.25, 0.3) is 15.9 Å². The maximum atomic E-state index is 12.5. The predicted molar refractivity (Wildman–Crippen MR) is 123 cm³/mol. The highest BCUT2D eigenvalue weighted by molar-refractivity contribution is 7.90. The highest BCUT2D eigenvalue weighted by atomic mass is 32.2. The number of urea groups is 1. The van der Waals surface area contributed by atoms with Gasteiger partial charge in [-0.3, -0.25) is 15.0 Å². The normalized spacial score (nSPS) is 21.2. The Kier molecular flexibility index (Phi) is 7.78. The number of hydrazine groups is 1. The fourth-order valence-corrected chi connectivity index (χ4v) is 4.92. The van der Waals surface area contributed by atoms with Crippen LogP contribution < -0.4 is 15.5 Å². The van der Waals surface area contributed by atoms with Gasteiger partial charge < -0.3 is 5.32 Å². The summed E-state index contributed by atoms with van der Waals surface area (Å²) in [6.07, 6.45) is 4.25. The molecule has 1 saturated carbocycles. The molecule has 33 heavy (non-hydrogen) atoms. The van der Waals surface area contributed by atoms with Gasteiger partial charge in [0.2, 0.25) is 5.91 Å². The number of aryl methyl sites for hydroxylation is 1. The maximum Gasteiger partial charge on any atom is 0.328 e. The zero-order valence-corrected chi connectivity index (χ0v) is 20.1. The van der Waals surface area contributed by atoms with Crippen molar-refractivity contribution in [2.24, 2.45) is 5.92 Å². The van der Waals surface area contributed by atoms with Gasteiger partial charge in [0.1, 0.15) is 0 Å². The molecule has 0 aromatic heterocycles. The zero-order chi connectivity index (χ0) is 24.2. The minimum Gasteiger partial charge on any atom is -0.335 e. The summed E-state index contributed by atoms with van der Waals surface area (Å²) in [7, 11) is -3.99. The van der Waals surface area contributed by atoms with Crippen LogP contribution in [0.25, 0.3) is 0 Å². The molecule has 0 atom stereocenters. The van der Waals surface area contributed by atoms with Gasteiger partial charge in [-0.15, -0.1) is 0 Å². The molecule has 4 amide bonds. The van der Waals surface area contributed by atoms with E-state index in [4.69, 9.17) is 0 Å². The monoisotopic (exact) mass is 476 g/mol. The lowest BCUT2D eigenvalue weighted by atomic mass is 9.87. The van der Waals surface area contributed by atoms with E-state index in [1.807, 2.05) is 6.92 Å². The average Bonchev–Trinajstić information content (AvgIpc) is 3.00. The molecule has 3 N–H and O–H groups in total. The Morgan fingerprint density at radius 3 is 2.27 bits per heavy atom. The van der Waals surface area contributed by atoms with E-state index in [0.717, 1.165) is 36.8 Å². The molecule has 0 spiro atoms. The van der Waals surface area contributed by atoms with Crippen molar-refractivity contribution in [2.45, 2.75) is 70.2 Å². The molecule has 2 aliphatic rings. The summed E-state index contributed by atoms with van der Waals surface area (Å²) in [6.45, 7) is 6.13. The Balaban J connectivity index is 1.47. The minimum atomic E-state index is -3.99. The number of hydrogen-bond donors (Lipinski definition) is 3. The molecule has 1 aliphatic heterocycles. The van der Waals surface area contributed by atoms with Gasteiger partial charge in [0.15, 0.2) is 0 Å². The molecule has 1 aromatic rings. The van der Waals surface area contributed by atoms with Gasteiger partial charge >= 0.3 is 6.03 Å². The molecule has 0 saturated heterocycles. The molecule has 3 rings (SSSR count). The molecule has 0 radical (unpaired) electrons. The molecular weight excluding hydrogens is 444 g/mol. The van der Waals surface area contributed by atoms with Crippen LogP contribution in [0.2, 0.25) is 0 Å². The van der Waals surface area contributed by atoms with Crippen molar-refractivity contribution in [3.05, 3.63) is 41.0 Å². The van der Waals surface area contributed by atoms with E-state index < -0.39 is 16.1 Å². The number of nitrogens with one attached hydrogen (secondary N) is 3. The highest BCUT2D eigenvalue weighted by Gasteiger charge is 2.26. The van der Waals surface area contributed by atoms with Crippen LogP contribution in [0.15, 0.2) is 40.3 Å². The van der Waals surface area contributed by atoms with Crippen LogP contribution in [-0.4, -0.2) is 43.9 Å². The van der Waals surface area contributed by atoms with Gasteiger partial charge in [-0.05, 0) is 75.1 Å². The summed E-state index contributed by atoms with van der Waals surface area (Å²) in [6, 6.07) is 5.31. The number of rotatable bonds is 7. The molecule has 10 heteroatoms. The summed E-state index contributed by atoms with van der Waals surface area (Å²) >= 11 is 0. The lowest BCUT2D eigenvalue weighted by Crippen LogP contribution is -2.45. The first-order valence-corrected chi connectivity index (χ1v) is 12.7. The first-order chi connectivity index (χ1) is 15.5. The van der Waals surface area contributed by atoms with Crippen molar-refractivity contribution < 1.29 is 22.8 Å². The molecule has 180 valence electrons. The van der Waals surface area contributed by atoms with Crippen LogP contribution in [0.4, 0.5) is 4.79 Å². The van der Waals surface area contributed by atoms with Gasteiger partial charge in [-0.1, -0.05) is 19.1 Å². The van der Waals surface area contributed by atoms with Crippen molar-refractivity contribution in [2.75, 3.05) is 6.54 Å². The zero-order valence-electron chi connectivity index (χ0n) is 19.3. The van der Waals surface area contributed by atoms with E-state index in [1.54, 1.807) is 19.1 Å².